The van der Waals surface area contributed by atoms with Crippen LogP contribution in [-0.2, 0) is 22.4 Å². The number of fused-ring (bicyclic) bond motifs is 1. The van der Waals surface area contributed by atoms with Gasteiger partial charge in [-0.2, -0.15) is 0 Å². The Kier molecular flexibility index (Phi) is 5.00. The van der Waals surface area contributed by atoms with Crippen LogP contribution in [0.2, 0.25) is 0 Å². The Balaban J connectivity index is 1.59. The SMILES string of the molecule is CC1Cc2ccccc2N1C(=O)CNC(=O)Cc1cccc(Br)c1. The molecule has 1 N–H and O–H groups in total. The van der Waals surface area contributed by atoms with Gasteiger partial charge in [0.1, 0.15) is 0 Å². The van der Waals surface area contributed by atoms with Crippen molar-refractivity contribution in [2.45, 2.75) is 25.8 Å². The number of carbonyl (C=O) groups excluding carboxylic acids is 2. The first kappa shape index (κ1) is 16.7. The maximum absolute atomic E-state index is 12.5. The predicted octanol–water partition coefficient (Wildman–Crippen LogP) is 3.09. The molecule has 1 aliphatic heterocycles. The van der Waals surface area contributed by atoms with Crippen molar-refractivity contribution in [3.05, 3.63) is 64.1 Å². The van der Waals surface area contributed by atoms with Crippen LogP contribution in [0.3, 0.4) is 0 Å². The van der Waals surface area contributed by atoms with E-state index in [9.17, 15) is 9.59 Å². The number of nitrogens with zero attached hydrogens (tertiary/aromatic N) is 1. The highest BCUT2D eigenvalue weighted by atomic mass is 79.9. The van der Waals surface area contributed by atoms with Crippen molar-refractivity contribution in [3.8, 4) is 0 Å². The fourth-order valence-electron chi connectivity index (χ4n) is 3.10. The van der Waals surface area contributed by atoms with E-state index in [4.69, 9.17) is 0 Å². The fourth-order valence-corrected chi connectivity index (χ4v) is 3.55. The highest BCUT2D eigenvalue weighted by Crippen LogP contribution is 2.31. The van der Waals surface area contributed by atoms with Crippen LogP contribution in [0.5, 0.6) is 0 Å². The van der Waals surface area contributed by atoms with Crippen LogP contribution in [0.1, 0.15) is 18.1 Å². The number of rotatable bonds is 4. The van der Waals surface area contributed by atoms with E-state index in [0.29, 0.717) is 0 Å². The van der Waals surface area contributed by atoms with Gasteiger partial charge < -0.3 is 10.2 Å². The van der Waals surface area contributed by atoms with Gasteiger partial charge in [0.25, 0.3) is 0 Å². The Morgan fingerprint density at radius 1 is 1.21 bits per heavy atom. The monoisotopic (exact) mass is 386 g/mol. The number of nitrogens with one attached hydrogen (secondary N) is 1. The van der Waals surface area contributed by atoms with E-state index < -0.39 is 0 Å². The van der Waals surface area contributed by atoms with E-state index in [-0.39, 0.29) is 30.8 Å². The molecule has 0 spiro atoms. The molecule has 1 heterocycles. The molecule has 124 valence electrons. The van der Waals surface area contributed by atoms with Gasteiger partial charge in [0, 0.05) is 16.2 Å². The zero-order valence-corrected chi connectivity index (χ0v) is 15.0. The summed E-state index contributed by atoms with van der Waals surface area (Å²) in [6.07, 6.45) is 1.12. The van der Waals surface area contributed by atoms with E-state index in [1.807, 2.05) is 55.5 Å². The lowest BCUT2D eigenvalue weighted by atomic mass is 10.1. The van der Waals surface area contributed by atoms with Crippen molar-refractivity contribution in [2.24, 2.45) is 0 Å². The summed E-state index contributed by atoms with van der Waals surface area (Å²) in [7, 11) is 0. The van der Waals surface area contributed by atoms with Crippen LogP contribution in [0, 0.1) is 0 Å². The third-order valence-electron chi connectivity index (χ3n) is 4.17. The molecule has 1 aliphatic rings. The average molecular weight is 387 g/mol. The molecule has 0 aliphatic carbocycles. The zero-order chi connectivity index (χ0) is 17.1. The number of carbonyl (C=O) groups is 2. The fraction of sp³-hybridized carbons (Fsp3) is 0.263. The summed E-state index contributed by atoms with van der Waals surface area (Å²) in [5.41, 5.74) is 3.05. The van der Waals surface area contributed by atoms with Crippen molar-refractivity contribution in [1.82, 2.24) is 5.32 Å². The second kappa shape index (κ2) is 7.18. The molecule has 1 atom stereocenters. The van der Waals surface area contributed by atoms with Gasteiger partial charge in [0.05, 0.1) is 13.0 Å². The highest BCUT2D eigenvalue weighted by molar-refractivity contribution is 9.10. The van der Waals surface area contributed by atoms with Gasteiger partial charge in [0.2, 0.25) is 11.8 Å². The van der Waals surface area contributed by atoms with Gasteiger partial charge in [0.15, 0.2) is 0 Å². The van der Waals surface area contributed by atoms with Crippen molar-refractivity contribution < 1.29 is 9.59 Å². The summed E-state index contributed by atoms with van der Waals surface area (Å²) in [4.78, 5) is 26.4. The number of benzene rings is 2. The molecule has 3 rings (SSSR count). The quantitative estimate of drug-likeness (QED) is 0.877. The molecule has 0 saturated heterocycles. The molecular formula is C19H19BrN2O2. The molecule has 24 heavy (non-hydrogen) atoms. The minimum Gasteiger partial charge on any atom is -0.347 e. The average Bonchev–Trinajstić information content (AvgIpc) is 2.88. The van der Waals surface area contributed by atoms with Gasteiger partial charge in [-0.25, -0.2) is 0 Å². The molecule has 2 aromatic carbocycles. The maximum Gasteiger partial charge on any atom is 0.246 e. The van der Waals surface area contributed by atoms with Gasteiger partial charge in [-0.05, 0) is 42.7 Å². The first-order valence-corrected chi connectivity index (χ1v) is 8.75. The standard InChI is InChI=1S/C19H19BrN2O2/c1-13-9-15-6-2-3-8-17(15)22(13)19(24)12-21-18(23)11-14-5-4-7-16(20)10-14/h2-8,10,13H,9,11-12H2,1H3,(H,21,23). The summed E-state index contributed by atoms with van der Waals surface area (Å²) < 4.78 is 0.936. The lowest BCUT2D eigenvalue weighted by molar-refractivity contribution is -0.124. The highest BCUT2D eigenvalue weighted by Gasteiger charge is 2.30. The van der Waals surface area contributed by atoms with Crippen LogP contribution in [-0.4, -0.2) is 24.4 Å². The van der Waals surface area contributed by atoms with Crippen molar-refractivity contribution in [3.63, 3.8) is 0 Å². The Labute approximate surface area is 150 Å². The van der Waals surface area contributed by atoms with Crippen molar-refractivity contribution >= 4 is 33.4 Å². The maximum atomic E-state index is 12.5. The van der Waals surface area contributed by atoms with Gasteiger partial charge in [-0.3, -0.25) is 9.59 Å². The van der Waals surface area contributed by atoms with E-state index in [1.165, 1.54) is 5.56 Å². The van der Waals surface area contributed by atoms with Crippen LogP contribution >= 0.6 is 15.9 Å². The number of para-hydroxylation sites is 1. The third-order valence-corrected chi connectivity index (χ3v) is 4.66. The summed E-state index contributed by atoms with van der Waals surface area (Å²) in [6, 6.07) is 15.6. The molecule has 1 unspecified atom stereocenters. The van der Waals surface area contributed by atoms with E-state index in [1.54, 1.807) is 4.90 Å². The predicted molar refractivity (Wildman–Crippen MR) is 97.9 cm³/mol. The second-order valence-corrected chi connectivity index (χ2v) is 6.94. The Morgan fingerprint density at radius 2 is 2.00 bits per heavy atom. The molecule has 0 bridgehead atoms. The van der Waals surface area contributed by atoms with E-state index in [0.717, 1.165) is 22.1 Å². The Bertz CT molecular complexity index is 775. The molecule has 0 fully saturated rings. The van der Waals surface area contributed by atoms with Crippen LogP contribution in [0.15, 0.2) is 53.0 Å². The topological polar surface area (TPSA) is 49.4 Å². The number of anilines is 1. The number of hydrogen-bond donors (Lipinski definition) is 1. The van der Waals surface area contributed by atoms with Gasteiger partial charge in [-0.15, -0.1) is 0 Å². The van der Waals surface area contributed by atoms with Crippen molar-refractivity contribution in [2.75, 3.05) is 11.4 Å². The molecule has 5 heteroatoms. The lowest BCUT2D eigenvalue weighted by Crippen LogP contribution is -2.43. The molecule has 2 amide bonds. The zero-order valence-electron chi connectivity index (χ0n) is 13.5. The molecule has 4 nitrogen and oxygen atoms in total. The number of halogens is 1. The van der Waals surface area contributed by atoms with Gasteiger partial charge >= 0.3 is 0 Å². The second-order valence-electron chi connectivity index (χ2n) is 6.03. The van der Waals surface area contributed by atoms with Crippen LogP contribution < -0.4 is 10.2 Å². The Morgan fingerprint density at radius 3 is 2.79 bits per heavy atom. The van der Waals surface area contributed by atoms with E-state index >= 15 is 0 Å². The van der Waals surface area contributed by atoms with E-state index in [2.05, 4.69) is 21.2 Å². The largest absolute Gasteiger partial charge is 0.347 e. The summed E-state index contributed by atoms with van der Waals surface area (Å²) in [5, 5.41) is 2.73. The summed E-state index contributed by atoms with van der Waals surface area (Å²) in [6.45, 7) is 2.05. The Hall–Kier alpha value is -2.14. The minimum absolute atomic E-state index is 0.0194. The normalized spacial score (nSPS) is 15.9. The number of hydrogen-bond acceptors (Lipinski definition) is 2. The number of amides is 2. The first-order valence-electron chi connectivity index (χ1n) is 7.95. The van der Waals surface area contributed by atoms with Crippen LogP contribution in [0.4, 0.5) is 5.69 Å². The van der Waals surface area contributed by atoms with Gasteiger partial charge in [-0.1, -0.05) is 46.3 Å². The summed E-state index contributed by atoms with van der Waals surface area (Å²) >= 11 is 3.39. The third kappa shape index (κ3) is 3.67. The minimum atomic E-state index is -0.151. The molecule has 0 saturated carbocycles. The molecule has 2 aromatic rings. The smallest absolute Gasteiger partial charge is 0.246 e. The molecule has 0 radical (unpaired) electrons. The first-order chi connectivity index (χ1) is 11.5. The molecule has 0 aromatic heterocycles. The molecular weight excluding hydrogens is 368 g/mol. The van der Waals surface area contributed by atoms with Crippen molar-refractivity contribution in [1.29, 1.82) is 0 Å². The van der Waals surface area contributed by atoms with Crippen LogP contribution in [0.25, 0.3) is 0 Å². The summed E-state index contributed by atoms with van der Waals surface area (Å²) in [5.74, 6) is -0.225. The lowest BCUT2D eigenvalue weighted by Gasteiger charge is -2.22.